The van der Waals surface area contributed by atoms with Crippen LogP contribution in [0.15, 0.2) is 18.2 Å². The highest BCUT2D eigenvalue weighted by Gasteiger charge is 2.14. The summed E-state index contributed by atoms with van der Waals surface area (Å²) < 4.78 is 18.3. The molecule has 2 rings (SSSR count). The van der Waals surface area contributed by atoms with Crippen LogP contribution in [0.25, 0.3) is 0 Å². The third kappa shape index (κ3) is 3.67. The molecular formula is C14H19FN2O2. The molecule has 0 radical (unpaired) electrons. The Hall–Kier alpha value is -1.62. The average Bonchev–Trinajstić information content (AvgIpc) is 2.91. The molecule has 1 atom stereocenters. The van der Waals surface area contributed by atoms with Crippen molar-refractivity contribution < 1.29 is 13.9 Å². The quantitative estimate of drug-likeness (QED) is 0.853. The molecule has 0 aliphatic carbocycles. The highest BCUT2D eigenvalue weighted by Crippen LogP contribution is 2.17. The van der Waals surface area contributed by atoms with Gasteiger partial charge in [0.2, 0.25) is 0 Å². The van der Waals surface area contributed by atoms with Crippen LogP contribution in [0.4, 0.5) is 4.39 Å². The minimum absolute atomic E-state index is 0.145. The van der Waals surface area contributed by atoms with Gasteiger partial charge in [-0.15, -0.1) is 0 Å². The van der Waals surface area contributed by atoms with Gasteiger partial charge in [-0.05, 0) is 44.0 Å². The second-order valence-electron chi connectivity index (χ2n) is 4.69. The zero-order chi connectivity index (χ0) is 13.7. The Balaban J connectivity index is 1.83. The number of benzene rings is 1. The summed E-state index contributed by atoms with van der Waals surface area (Å²) >= 11 is 0. The molecule has 1 aliphatic rings. The Bertz CT molecular complexity index is 445. The maximum Gasteiger partial charge on any atom is 0.251 e. The summed E-state index contributed by atoms with van der Waals surface area (Å²) in [7, 11) is 1.40. The summed E-state index contributed by atoms with van der Waals surface area (Å²) in [6, 6.07) is 4.71. The number of ether oxygens (including phenoxy) is 1. The Kier molecular flexibility index (Phi) is 4.74. The van der Waals surface area contributed by atoms with Crippen LogP contribution in [0.3, 0.4) is 0 Å². The molecule has 5 heteroatoms. The van der Waals surface area contributed by atoms with Crippen molar-refractivity contribution in [2.45, 2.75) is 25.3 Å². The Morgan fingerprint density at radius 2 is 2.42 bits per heavy atom. The number of methoxy groups -OCH3 is 1. The van der Waals surface area contributed by atoms with Crippen LogP contribution in [-0.2, 0) is 0 Å². The molecule has 0 unspecified atom stereocenters. The first-order chi connectivity index (χ1) is 9.20. The Morgan fingerprint density at radius 1 is 1.58 bits per heavy atom. The molecule has 0 spiro atoms. The van der Waals surface area contributed by atoms with Crippen molar-refractivity contribution >= 4 is 5.91 Å². The third-order valence-corrected chi connectivity index (χ3v) is 3.35. The first-order valence-corrected chi connectivity index (χ1v) is 6.56. The topological polar surface area (TPSA) is 50.4 Å². The van der Waals surface area contributed by atoms with Gasteiger partial charge in [-0.3, -0.25) is 4.79 Å². The zero-order valence-corrected chi connectivity index (χ0v) is 11.0. The van der Waals surface area contributed by atoms with Gasteiger partial charge in [-0.1, -0.05) is 0 Å². The molecule has 0 bridgehead atoms. The van der Waals surface area contributed by atoms with Gasteiger partial charge in [0.25, 0.3) is 5.91 Å². The number of carbonyl (C=O) groups excluding carboxylic acids is 1. The van der Waals surface area contributed by atoms with Crippen molar-refractivity contribution in [2.75, 3.05) is 20.2 Å². The molecule has 104 valence electrons. The van der Waals surface area contributed by atoms with Crippen LogP contribution >= 0.6 is 0 Å². The van der Waals surface area contributed by atoms with Crippen molar-refractivity contribution in [3.8, 4) is 5.75 Å². The summed E-state index contributed by atoms with van der Waals surface area (Å²) in [6.45, 7) is 1.66. The van der Waals surface area contributed by atoms with Gasteiger partial charge in [0.15, 0.2) is 11.6 Å². The molecule has 1 aliphatic heterocycles. The number of hydrogen-bond acceptors (Lipinski definition) is 3. The van der Waals surface area contributed by atoms with Crippen LogP contribution in [0.5, 0.6) is 5.75 Å². The minimum atomic E-state index is -0.521. The monoisotopic (exact) mass is 266 g/mol. The molecule has 0 saturated carbocycles. The van der Waals surface area contributed by atoms with E-state index in [0.29, 0.717) is 18.2 Å². The van der Waals surface area contributed by atoms with Gasteiger partial charge in [-0.2, -0.15) is 0 Å². The van der Waals surface area contributed by atoms with Crippen LogP contribution < -0.4 is 15.4 Å². The molecule has 0 aromatic heterocycles. The lowest BCUT2D eigenvalue weighted by Crippen LogP contribution is -2.30. The van der Waals surface area contributed by atoms with E-state index in [-0.39, 0.29) is 11.7 Å². The van der Waals surface area contributed by atoms with E-state index >= 15 is 0 Å². The van der Waals surface area contributed by atoms with E-state index in [1.54, 1.807) is 6.07 Å². The van der Waals surface area contributed by atoms with Gasteiger partial charge < -0.3 is 15.4 Å². The highest BCUT2D eigenvalue weighted by molar-refractivity contribution is 5.94. The van der Waals surface area contributed by atoms with Crippen LogP contribution in [0.2, 0.25) is 0 Å². The van der Waals surface area contributed by atoms with E-state index in [1.807, 2.05) is 0 Å². The van der Waals surface area contributed by atoms with Crippen molar-refractivity contribution in [1.82, 2.24) is 10.6 Å². The van der Waals surface area contributed by atoms with Crippen molar-refractivity contribution in [1.29, 1.82) is 0 Å². The lowest BCUT2D eigenvalue weighted by Gasteiger charge is -2.11. The fourth-order valence-electron chi connectivity index (χ4n) is 2.27. The summed E-state index contributed by atoms with van der Waals surface area (Å²) in [4.78, 5) is 11.8. The summed E-state index contributed by atoms with van der Waals surface area (Å²) in [5.74, 6) is -0.626. The first kappa shape index (κ1) is 13.8. The second-order valence-corrected chi connectivity index (χ2v) is 4.69. The molecule has 1 amide bonds. The number of halogens is 1. The van der Waals surface area contributed by atoms with E-state index in [9.17, 15) is 9.18 Å². The fourth-order valence-corrected chi connectivity index (χ4v) is 2.27. The molecule has 1 aromatic rings. The lowest BCUT2D eigenvalue weighted by molar-refractivity contribution is 0.0952. The largest absolute Gasteiger partial charge is 0.494 e. The lowest BCUT2D eigenvalue weighted by atomic mass is 10.1. The van der Waals surface area contributed by atoms with Crippen LogP contribution in [0.1, 0.15) is 29.6 Å². The first-order valence-electron chi connectivity index (χ1n) is 6.56. The summed E-state index contributed by atoms with van der Waals surface area (Å²) in [5.41, 5.74) is 0.317. The summed E-state index contributed by atoms with van der Waals surface area (Å²) in [6.07, 6.45) is 3.26. The van der Waals surface area contributed by atoms with Gasteiger partial charge in [0.05, 0.1) is 7.11 Å². The Morgan fingerprint density at radius 3 is 3.05 bits per heavy atom. The SMILES string of the molecule is COc1ccc(C(=O)NCC[C@H]2CCCN2)cc1F. The van der Waals surface area contributed by atoms with E-state index in [2.05, 4.69) is 10.6 Å². The molecule has 2 N–H and O–H groups in total. The van der Waals surface area contributed by atoms with E-state index in [0.717, 1.165) is 19.4 Å². The molecule has 1 heterocycles. The highest BCUT2D eigenvalue weighted by atomic mass is 19.1. The molecular weight excluding hydrogens is 247 g/mol. The normalized spacial score (nSPS) is 18.3. The van der Waals surface area contributed by atoms with E-state index in [1.165, 1.54) is 25.7 Å². The minimum Gasteiger partial charge on any atom is -0.494 e. The van der Waals surface area contributed by atoms with Crippen molar-refractivity contribution in [3.05, 3.63) is 29.6 Å². The number of amides is 1. The van der Waals surface area contributed by atoms with Crippen LogP contribution in [-0.4, -0.2) is 32.1 Å². The molecule has 1 saturated heterocycles. The number of nitrogens with one attached hydrogen (secondary N) is 2. The number of carbonyl (C=O) groups is 1. The van der Waals surface area contributed by atoms with Crippen LogP contribution in [0, 0.1) is 5.82 Å². The molecule has 4 nitrogen and oxygen atoms in total. The van der Waals surface area contributed by atoms with Gasteiger partial charge in [-0.25, -0.2) is 4.39 Å². The number of rotatable bonds is 5. The predicted molar refractivity (Wildman–Crippen MR) is 70.9 cm³/mol. The summed E-state index contributed by atoms with van der Waals surface area (Å²) in [5, 5.41) is 6.17. The predicted octanol–water partition coefficient (Wildman–Crippen LogP) is 1.71. The molecule has 1 fully saturated rings. The average molecular weight is 266 g/mol. The maximum absolute atomic E-state index is 13.5. The molecule has 19 heavy (non-hydrogen) atoms. The fraction of sp³-hybridized carbons (Fsp3) is 0.500. The standard InChI is InChI=1S/C14H19FN2O2/c1-19-13-5-4-10(9-12(13)15)14(18)17-8-6-11-3-2-7-16-11/h4-5,9,11,16H,2-3,6-8H2,1H3,(H,17,18)/t11-/m1/s1. The second kappa shape index (κ2) is 6.52. The smallest absolute Gasteiger partial charge is 0.251 e. The van der Waals surface area contributed by atoms with Gasteiger partial charge in [0.1, 0.15) is 0 Å². The van der Waals surface area contributed by atoms with Gasteiger partial charge >= 0.3 is 0 Å². The zero-order valence-electron chi connectivity index (χ0n) is 11.0. The van der Waals surface area contributed by atoms with Crippen molar-refractivity contribution in [3.63, 3.8) is 0 Å². The maximum atomic E-state index is 13.5. The van der Waals surface area contributed by atoms with Crippen molar-refractivity contribution in [2.24, 2.45) is 0 Å². The van der Waals surface area contributed by atoms with E-state index < -0.39 is 5.82 Å². The Labute approximate surface area is 112 Å². The van der Waals surface area contributed by atoms with E-state index in [4.69, 9.17) is 4.74 Å². The third-order valence-electron chi connectivity index (χ3n) is 3.35. The number of hydrogen-bond donors (Lipinski definition) is 2. The van der Waals surface area contributed by atoms with Gasteiger partial charge in [0, 0.05) is 18.2 Å². The molecule has 1 aromatic carbocycles.